The fourth-order valence-electron chi connectivity index (χ4n) is 5.18. The van der Waals surface area contributed by atoms with Crippen LogP contribution in [0.5, 0.6) is 11.5 Å². The Bertz CT molecular complexity index is 1240. The van der Waals surface area contributed by atoms with Crippen LogP contribution < -0.4 is 4.74 Å². The van der Waals surface area contributed by atoms with Crippen LogP contribution >= 0.6 is 15.9 Å². The minimum Gasteiger partial charge on any atom is -0.508 e. The molecule has 2 atom stereocenters. The Labute approximate surface area is 194 Å². The third-order valence-electron chi connectivity index (χ3n) is 6.61. The highest BCUT2D eigenvalue weighted by atomic mass is 79.9. The summed E-state index contributed by atoms with van der Waals surface area (Å²) in [5.41, 5.74) is 2.49. The number of aromatic amines is 1. The van der Waals surface area contributed by atoms with Crippen LogP contribution in [-0.4, -0.2) is 62.8 Å². The number of hydrogen-bond donors (Lipinski definition) is 2. The van der Waals surface area contributed by atoms with Crippen LogP contribution in [0.15, 0.2) is 42.5 Å². The van der Waals surface area contributed by atoms with Gasteiger partial charge in [-0.15, -0.1) is 0 Å². The number of carbonyl (C=O) groups is 2. The molecule has 166 valence electrons. The van der Waals surface area contributed by atoms with Gasteiger partial charge in [0.15, 0.2) is 0 Å². The van der Waals surface area contributed by atoms with E-state index < -0.39 is 11.6 Å². The first-order valence-electron chi connectivity index (χ1n) is 10.5. The minimum absolute atomic E-state index is 0.0404. The van der Waals surface area contributed by atoms with Crippen molar-refractivity contribution in [3.8, 4) is 11.5 Å². The molecule has 0 aliphatic carbocycles. The number of fused-ring (bicyclic) bond motifs is 4. The number of methoxy groups -OCH3 is 1. The number of rotatable bonds is 4. The molecule has 2 aliphatic heterocycles. The lowest BCUT2D eigenvalue weighted by Gasteiger charge is -2.53. The molecule has 0 bridgehead atoms. The summed E-state index contributed by atoms with van der Waals surface area (Å²) in [6.45, 7) is 2.36. The van der Waals surface area contributed by atoms with E-state index in [4.69, 9.17) is 4.74 Å². The van der Waals surface area contributed by atoms with Gasteiger partial charge in [-0.1, -0.05) is 28.1 Å². The lowest BCUT2D eigenvalue weighted by atomic mass is 9.78. The van der Waals surface area contributed by atoms with Gasteiger partial charge >= 0.3 is 0 Å². The minimum atomic E-state index is -1.04. The monoisotopic (exact) mass is 497 g/mol. The fourth-order valence-corrected chi connectivity index (χ4v) is 5.61. The molecule has 1 aromatic heterocycles. The summed E-state index contributed by atoms with van der Waals surface area (Å²) >= 11 is 3.40. The van der Waals surface area contributed by atoms with Crippen molar-refractivity contribution < 1.29 is 19.4 Å². The summed E-state index contributed by atoms with van der Waals surface area (Å²) in [5, 5.41) is 11.8. The van der Waals surface area contributed by atoms with Crippen molar-refractivity contribution in [2.45, 2.75) is 24.9 Å². The van der Waals surface area contributed by atoms with E-state index in [0.717, 1.165) is 33.5 Å². The average Bonchev–Trinajstić information content (AvgIpc) is 3.13. The Morgan fingerprint density at radius 3 is 2.78 bits per heavy atom. The van der Waals surface area contributed by atoms with E-state index in [-0.39, 0.29) is 24.1 Å². The van der Waals surface area contributed by atoms with Crippen molar-refractivity contribution in [1.29, 1.82) is 0 Å². The Morgan fingerprint density at radius 1 is 1.25 bits per heavy atom. The highest BCUT2D eigenvalue weighted by molar-refractivity contribution is 9.09. The van der Waals surface area contributed by atoms with Crippen LogP contribution in [-0.2, 0) is 16.0 Å². The zero-order chi connectivity index (χ0) is 22.6. The Morgan fingerprint density at radius 2 is 2.06 bits per heavy atom. The summed E-state index contributed by atoms with van der Waals surface area (Å²) < 4.78 is 5.44. The lowest BCUT2D eigenvalue weighted by molar-refractivity contribution is -0.167. The topological polar surface area (TPSA) is 85.9 Å². The number of ether oxygens (including phenoxy) is 1. The van der Waals surface area contributed by atoms with E-state index in [2.05, 4.69) is 20.9 Å². The molecule has 8 heteroatoms. The second-order valence-corrected chi connectivity index (χ2v) is 9.35. The smallest absolute Gasteiger partial charge is 0.249 e. The molecule has 3 aromatic rings. The maximum atomic E-state index is 13.7. The molecule has 32 heavy (non-hydrogen) atoms. The lowest BCUT2D eigenvalue weighted by Crippen LogP contribution is -2.70. The Balaban J connectivity index is 1.77. The van der Waals surface area contributed by atoms with Gasteiger partial charge in [0.05, 0.1) is 19.7 Å². The molecule has 0 radical (unpaired) electrons. The molecule has 2 amide bonds. The maximum Gasteiger partial charge on any atom is 0.249 e. The molecule has 0 saturated carbocycles. The standard InChI is InChI=1S/C24H24BrN3O4/c1-24-12-18-17-11-16(32-2)6-7-19(17)26-21(18)22(14-4-3-5-15(29)10-14)28(24)20(30)13-27(9-8-25)23(24)31/h3-7,10-11,22,26,29H,8-9,12-13H2,1-2H3/t22-,24-/m1/s1. The van der Waals surface area contributed by atoms with Gasteiger partial charge in [-0.25, -0.2) is 0 Å². The number of nitrogens with one attached hydrogen (secondary N) is 1. The van der Waals surface area contributed by atoms with Gasteiger partial charge in [-0.3, -0.25) is 9.59 Å². The number of phenols is 1. The van der Waals surface area contributed by atoms with Crippen LogP contribution in [0.2, 0.25) is 0 Å². The number of benzene rings is 2. The molecule has 2 aromatic carbocycles. The third kappa shape index (κ3) is 3.00. The van der Waals surface area contributed by atoms with E-state index in [1.54, 1.807) is 35.1 Å². The Kier molecular flexibility index (Phi) is 4.93. The molecule has 2 N–H and O–H groups in total. The Hall–Kier alpha value is -3.00. The number of alkyl halides is 1. The third-order valence-corrected chi connectivity index (χ3v) is 6.97. The fraction of sp³-hybridized carbons (Fsp3) is 0.333. The van der Waals surface area contributed by atoms with Gasteiger partial charge in [0, 0.05) is 34.9 Å². The maximum absolute atomic E-state index is 13.7. The zero-order valence-electron chi connectivity index (χ0n) is 17.9. The first-order chi connectivity index (χ1) is 15.4. The number of aromatic nitrogens is 1. The molecule has 1 saturated heterocycles. The quantitative estimate of drug-likeness (QED) is 0.541. The summed E-state index contributed by atoms with van der Waals surface area (Å²) in [4.78, 5) is 34.0. The highest BCUT2D eigenvalue weighted by Crippen LogP contribution is 2.47. The number of phenolic OH excluding ortho intramolecular Hbond substituents is 1. The number of hydrogen-bond acceptors (Lipinski definition) is 4. The van der Waals surface area contributed by atoms with Crippen molar-refractivity contribution in [3.63, 3.8) is 0 Å². The molecule has 3 heterocycles. The summed E-state index contributed by atoms with van der Waals surface area (Å²) in [6.07, 6.45) is 0.397. The molecule has 0 unspecified atom stereocenters. The van der Waals surface area contributed by atoms with Crippen LogP contribution in [0.1, 0.15) is 29.8 Å². The number of aromatic hydroxyl groups is 1. The van der Waals surface area contributed by atoms with Gasteiger partial charge in [-0.05, 0) is 48.4 Å². The molecular formula is C24H24BrN3O4. The molecule has 0 spiro atoms. The number of piperazine rings is 1. The summed E-state index contributed by atoms with van der Waals surface area (Å²) in [5.74, 6) is 0.673. The van der Waals surface area contributed by atoms with Crippen LogP contribution in [0, 0.1) is 0 Å². The van der Waals surface area contributed by atoms with E-state index in [9.17, 15) is 14.7 Å². The number of amides is 2. The van der Waals surface area contributed by atoms with Gasteiger partial charge in [0.25, 0.3) is 0 Å². The molecular weight excluding hydrogens is 474 g/mol. The van der Waals surface area contributed by atoms with Gasteiger partial charge in [0.2, 0.25) is 11.8 Å². The van der Waals surface area contributed by atoms with Crippen molar-refractivity contribution in [2.24, 2.45) is 0 Å². The van der Waals surface area contributed by atoms with Crippen LogP contribution in [0.3, 0.4) is 0 Å². The summed E-state index contributed by atoms with van der Waals surface area (Å²) in [6, 6.07) is 12.2. The predicted octanol–water partition coefficient (Wildman–Crippen LogP) is 3.35. The number of H-pyrrole nitrogens is 1. The molecule has 7 nitrogen and oxygen atoms in total. The van der Waals surface area contributed by atoms with Gasteiger partial charge in [-0.2, -0.15) is 0 Å². The number of halogens is 1. The van der Waals surface area contributed by atoms with Crippen molar-refractivity contribution in [1.82, 2.24) is 14.8 Å². The second-order valence-electron chi connectivity index (χ2n) is 8.56. The van der Waals surface area contributed by atoms with Crippen molar-refractivity contribution >= 4 is 38.6 Å². The average molecular weight is 498 g/mol. The van der Waals surface area contributed by atoms with Crippen LogP contribution in [0.4, 0.5) is 0 Å². The largest absolute Gasteiger partial charge is 0.508 e. The van der Waals surface area contributed by atoms with Crippen molar-refractivity contribution in [2.75, 3.05) is 25.5 Å². The van der Waals surface area contributed by atoms with E-state index in [0.29, 0.717) is 18.3 Å². The van der Waals surface area contributed by atoms with Crippen molar-refractivity contribution in [3.05, 3.63) is 59.3 Å². The first kappa shape index (κ1) is 20.9. The van der Waals surface area contributed by atoms with E-state index >= 15 is 0 Å². The predicted molar refractivity (Wildman–Crippen MR) is 124 cm³/mol. The van der Waals surface area contributed by atoms with E-state index in [1.807, 2.05) is 31.2 Å². The summed E-state index contributed by atoms with van der Waals surface area (Å²) in [7, 11) is 1.63. The second kappa shape index (κ2) is 7.55. The SMILES string of the molecule is COc1ccc2[nH]c3c(c2c1)C[C@]1(C)C(=O)N(CCBr)CC(=O)N1[C@@H]3c1cccc(O)c1. The number of carbonyl (C=O) groups excluding carboxylic acids is 2. The van der Waals surface area contributed by atoms with Gasteiger partial charge in [0.1, 0.15) is 17.0 Å². The first-order valence-corrected chi connectivity index (χ1v) is 11.6. The molecule has 2 aliphatic rings. The zero-order valence-corrected chi connectivity index (χ0v) is 19.5. The van der Waals surface area contributed by atoms with Gasteiger partial charge < -0.3 is 24.6 Å². The van der Waals surface area contributed by atoms with Crippen LogP contribution in [0.25, 0.3) is 10.9 Å². The number of nitrogens with zero attached hydrogens (tertiary/aromatic N) is 2. The normalized spacial score (nSPS) is 22.8. The molecule has 5 rings (SSSR count). The van der Waals surface area contributed by atoms with E-state index in [1.165, 1.54) is 0 Å². The highest BCUT2D eigenvalue weighted by Gasteiger charge is 2.55. The molecule has 1 fully saturated rings.